The van der Waals surface area contributed by atoms with Gasteiger partial charge in [0, 0.05) is 39.1 Å². The zero-order valence-electron chi connectivity index (χ0n) is 11.8. The average Bonchev–Trinajstić information content (AvgIpc) is 2.41. The van der Waals surface area contributed by atoms with E-state index >= 15 is 0 Å². The van der Waals surface area contributed by atoms with Gasteiger partial charge in [0.05, 0.1) is 13.2 Å². The summed E-state index contributed by atoms with van der Waals surface area (Å²) in [5.74, 6) is 0.162. The molecule has 0 atom stereocenters. The number of nitrogens with zero attached hydrogens (tertiary/aromatic N) is 2. The third-order valence-corrected chi connectivity index (χ3v) is 3.40. The van der Waals surface area contributed by atoms with Gasteiger partial charge >= 0.3 is 0 Å². The smallest absolute Gasteiger partial charge is 0.221 e. The van der Waals surface area contributed by atoms with E-state index in [1.165, 1.54) is 0 Å². The molecule has 18 heavy (non-hydrogen) atoms. The summed E-state index contributed by atoms with van der Waals surface area (Å²) in [7, 11) is 0. The Morgan fingerprint density at radius 1 is 1.28 bits per heavy atom. The molecule has 5 nitrogen and oxygen atoms in total. The number of hydrogen-bond acceptors (Lipinski definition) is 4. The van der Waals surface area contributed by atoms with Crippen LogP contribution in [0.5, 0.6) is 0 Å². The summed E-state index contributed by atoms with van der Waals surface area (Å²) in [6.07, 6.45) is 0.602. The van der Waals surface area contributed by atoms with Gasteiger partial charge in [0.2, 0.25) is 5.91 Å². The van der Waals surface area contributed by atoms with Gasteiger partial charge in [0.1, 0.15) is 0 Å². The molecular formula is C13H27N3O2. The molecule has 1 aliphatic rings. The highest BCUT2D eigenvalue weighted by atomic mass is 16.5. The lowest BCUT2D eigenvalue weighted by Crippen LogP contribution is -2.41. The molecule has 0 unspecified atom stereocenters. The first-order valence-electron chi connectivity index (χ1n) is 7.05. The zero-order valence-corrected chi connectivity index (χ0v) is 11.8. The minimum atomic E-state index is 0.162. The van der Waals surface area contributed by atoms with Crippen molar-refractivity contribution in [1.29, 1.82) is 0 Å². The fraction of sp³-hybridized carbons (Fsp3) is 0.923. The number of carbonyl (C=O) groups is 1. The molecule has 0 bridgehead atoms. The Bertz CT molecular complexity index is 226. The van der Waals surface area contributed by atoms with Crippen LogP contribution in [-0.4, -0.2) is 74.7 Å². The highest BCUT2D eigenvalue weighted by Crippen LogP contribution is 1.95. The van der Waals surface area contributed by atoms with Crippen LogP contribution in [0.1, 0.15) is 20.3 Å². The van der Waals surface area contributed by atoms with Gasteiger partial charge < -0.3 is 15.0 Å². The highest BCUT2D eigenvalue weighted by Gasteiger charge is 2.10. The van der Waals surface area contributed by atoms with E-state index in [2.05, 4.69) is 29.0 Å². The third kappa shape index (κ3) is 6.33. The maximum atomic E-state index is 11.6. The molecule has 1 heterocycles. The van der Waals surface area contributed by atoms with Gasteiger partial charge in [-0.25, -0.2) is 0 Å². The SMILES string of the molecule is CCN(CC)CCC(=O)NCCN1CCOCC1. The second-order valence-corrected chi connectivity index (χ2v) is 4.58. The predicted molar refractivity (Wildman–Crippen MR) is 72.7 cm³/mol. The van der Waals surface area contributed by atoms with E-state index in [-0.39, 0.29) is 5.91 Å². The van der Waals surface area contributed by atoms with Crippen LogP contribution >= 0.6 is 0 Å². The van der Waals surface area contributed by atoms with Crippen molar-refractivity contribution in [3.05, 3.63) is 0 Å². The monoisotopic (exact) mass is 257 g/mol. The first-order chi connectivity index (χ1) is 8.76. The minimum absolute atomic E-state index is 0.162. The molecular weight excluding hydrogens is 230 g/mol. The Morgan fingerprint density at radius 3 is 2.56 bits per heavy atom. The molecule has 0 saturated carbocycles. The minimum Gasteiger partial charge on any atom is -0.379 e. The number of nitrogens with one attached hydrogen (secondary N) is 1. The van der Waals surface area contributed by atoms with E-state index in [1.54, 1.807) is 0 Å². The molecule has 1 aliphatic heterocycles. The second-order valence-electron chi connectivity index (χ2n) is 4.58. The fourth-order valence-corrected chi connectivity index (χ4v) is 2.07. The summed E-state index contributed by atoms with van der Waals surface area (Å²) in [5.41, 5.74) is 0. The molecule has 0 aromatic carbocycles. The van der Waals surface area contributed by atoms with Crippen LogP contribution in [-0.2, 0) is 9.53 Å². The summed E-state index contributed by atoms with van der Waals surface area (Å²) < 4.78 is 5.28. The quantitative estimate of drug-likeness (QED) is 0.673. The van der Waals surface area contributed by atoms with Gasteiger partial charge in [0.15, 0.2) is 0 Å². The molecule has 1 rings (SSSR count). The van der Waals surface area contributed by atoms with Gasteiger partial charge in [0.25, 0.3) is 0 Å². The fourth-order valence-electron chi connectivity index (χ4n) is 2.07. The molecule has 0 radical (unpaired) electrons. The van der Waals surface area contributed by atoms with Crippen molar-refractivity contribution >= 4 is 5.91 Å². The Labute approximate surface area is 110 Å². The van der Waals surface area contributed by atoms with Crippen molar-refractivity contribution in [1.82, 2.24) is 15.1 Å². The Hall–Kier alpha value is -0.650. The number of rotatable bonds is 8. The van der Waals surface area contributed by atoms with Gasteiger partial charge in [-0.3, -0.25) is 9.69 Å². The zero-order chi connectivity index (χ0) is 13.2. The molecule has 1 saturated heterocycles. The molecule has 106 valence electrons. The summed E-state index contributed by atoms with van der Waals surface area (Å²) in [5, 5.41) is 2.99. The van der Waals surface area contributed by atoms with Crippen molar-refractivity contribution in [2.75, 3.05) is 59.0 Å². The van der Waals surface area contributed by atoms with Crippen LogP contribution < -0.4 is 5.32 Å². The Morgan fingerprint density at radius 2 is 1.94 bits per heavy atom. The number of morpholine rings is 1. The second kappa shape index (κ2) is 9.30. The lowest BCUT2D eigenvalue weighted by atomic mass is 10.3. The van der Waals surface area contributed by atoms with Crippen molar-refractivity contribution in [2.45, 2.75) is 20.3 Å². The van der Waals surface area contributed by atoms with Crippen LogP contribution in [0.25, 0.3) is 0 Å². The summed E-state index contributed by atoms with van der Waals surface area (Å²) >= 11 is 0. The van der Waals surface area contributed by atoms with E-state index < -0.39 is 0 Å². The third-order valence-electron chi connectivity index (χ3n) is 3.40. The van der Waals surface area contributed by atoms with E-state index in [1.807, 2.05) is 0 Å². The Kier molecular flexibility index (Phi) is 7.96. The molecule has 0 aromatic heterocycles. The van der Waals surface area contributed by atoms with E-state index in [0.717, 1.165) is 59.0 Å². The maximum absolute atomic E-state index is 11.6. The van der Waals surface area contributed by atoms with Crippen LogP contribution in [0.15, 0.2) is 0 Å². The first-order valence-corrected chi connectivity index (χ1v) is 7.05. The topological polar surface area (TPSA) is 44.8 Å². The Balaban J connectivity index is 2.02. The standard InChI is InChI=1S/C13H27N3O2/c1-3-15(4-2)7-5-13(17)14-6-8-16-9-11-18-12-10-16/h3-12H2,1-2H3,(H,14,17). The first kappa shape index (κ1) is 15.4. The van der Waals surface area contributed by atoms with Crippen molar-refractivity contribution in [3.63, 3.8) is 0 Å². The number of carbonyl (C=O) groups excluding carboxylic acids is 1. The van der Waals surface area contributed by atoms with Gasteiger partial charge in [-0.2, -0.15) is 0 Å². The molecule has 1 N–H and O–H groups in total. The van der Waals surface area contributed by atoms with Gasteiger partial charge in [-0.15, -0.1) is 0 Å². The maximum Gasteiger partial charge on any atom is 0.221 e. The summed E-state index contributed by atoms with van der Waals surface area (Å²) in [6.45, 7) is 12.4. The van der Waals surface area contributed by atoms with Crippen molar-refractivity contribution in [2.24, 2.45) is 0 Å². The van der Waals surface area contributed by atoms with Crippen molar-refractivity contribution < 1.29 is 9.53 Å². The molecule has 0 aromatic rings. The summed E-state index contributed by atoms with van der Waals surface area (Å²) in [6, 6.07) is 0. The van der Waals surface area contributed by atoms with E-state index in [4.69, 9.17) is 4.74 Å². The van der Waals surface area contributed by atoms with Gasteiger partial charge in [-0.1, -0.05) is 13.8 Å². The molecule has 1 fully saturated rings. The summed E-state index contributed by atoms with van der Waals surface area (Å²) in [4.78, 5) is 16.2. The van der Waals surface area contributed by atoms with Gasteiger partial charge in [-0.05, 0) is 13.1 Å². The normalized spacial score (nSPS) is 17.1. The van der Waals surface area contributed by atoms with Crippen LogP contribution in [0.4, 0.5) is 0 Å². The van der Waals surface area contributed by atoms with E-state index in [9.17, 15) is 4.79 Å². The lowest BCUT2D eigenvalue weighted by molar-refractivity contribution is -0.121. The average molecular weight is 257 g/mol. The van der Waals surface area contributed by atoms with Crippen molar-refractivity contribution in [3.8, 4) is 0 Å². The van der Waals surface area contributed by atoms with Crippen LogP contribution in [0.3, 0.4) is 0 Å². The predicted octanol–water partition coefficient (Wildman–Crippen LogP) is 0.167. The number of hydrogen-bond donors (Lipinski definition) is 1. The molecule has 5 heteroatoms. The number of ether oxygens (including phenoxy) is 1. The highest BCUT2D eigenvalue weighted by molar-refractivity contribution is 5.76. The molecule has 0 aliphatic carbocycles. The largest absolute Gasteiger partial charge is 0.379 e. The van der Waals surface area contributed by atoms with E-state index in [0.29, 0.717) is 6.42 Å². The molecule has 0 spiro atoms. The number of amides is 1. The molecule has 1 amide bonds. The van der Waals surface area contributed by atoms with Crippen LogP contribution in [0.2, 0.25) is 0 Å². The van der Waals surface area contributed by atoms with Crippen LogP contribution in [0, 0.1) is 0 Å². The lowest BCUT2D eigenvalue weighted by Gasteiger charge is -2.26.